The normalized spacial score (nSPS) is 13.5. The maximum atomic E-state index is 12.5. The Morgan fingerprint density at radius 2 is 1.82 bits per heavy atom. The highest BCUT2D eigenvalue weighted by Crippen LogP contribution is 2.17. The lowest BCUT2D eigenvalue weighted by Crippen LogP contribution is -2.28. The zero-order chi connectivity index (χ0) is 23.2. The molecule has 1 aromatic heterocycles. The second-order valence-corrected chi connectivity index (χ2v) is 8.81. The molecule has 0 spiro atoms. The van der Waals surface area contributed by atoms with Crippen LogP contribution in [0.5, 0.6) is 0 Å². The van der Waals surface area contributed by atoms with Crippen molar-refractivity contribution in [1.82, 2.24) is 19.8 Å². The molecule has 3 aromatic rings. The SMILES string of the molecule is CC(C)c1nccn1Cc1cccc(NC(=O)NCc2cccc(CN3CCCC3=O)c2)c1. The van der Waals surface area contributed by atoms with Crippen molar-refractivity contribution in [2.24, 2.45) is 0 Å². The van der Waals surface area contributed by atoms with Crippen LogP contribution in [0.2, 0.25) is 0 Å². The quantitative estimate of drug-likeness (QED) is 0.536. The van der Waals surface area contributed by atoms with Crippen molar-refractivity contribution in [3.05, 3.63) is 83.4 Å². The molecule has 2 heterocycles. The smallest absolute Gasteiger partial charge is 0.319 e. The van der Waals surface area contributed by atoms with Gasteiger partial charge in [-0.05, 0) is 35.2 Å². The fourth-order valence-corrected chi connectivity index (χ4v) is 4.19. The van der Waals surface area contributed by atoms with E-state index in [2.05, 4.69) is 34.0 Å². The summed E-state index contributed by atoms with van der Waals surface area (Å²) >= 11 is 0. The van der Waals surface area contributed by atoms with Crippen LogP contribution >= 0.6 is 0 Å². The van der Waals surface area contributed by atoms with E-state index in [4.69, 9.17) is 0 Å². The fraction of sp³-hybridized carbons (Fsp3) is 0.346. The number of amides is 3. The van der Waals surface area contributed by atoms with Gasteiger partial charge in [-0.25, -0.2) is 9.78 Å². The number of nitrogens with one attached hydrogen (secondary N) is 2. The van der Waals surface area contributed by atoms with E-state index in [0.29, 0.717) is 32.0 Å². The number of carbonyl (C=O) groups excluding carboxylic acids is 2. The van der Waals surface area contributed by atoms with Gasteiger partial charge in [-0.2, -0.15) is 0 Å². The first-order chi connectivity index (χ1) is 16.0. The van der Waals surface area contributed by atoms with Gasteiger partial charge in [0.15, 0.2) is 0 Å². The minimum absolute atomic E-state index is 0.216. The van der Waals surface area contributed by atoms with E-state index in [0.717, 1.165) is 41.2 Å². The number of hydrogen-bond acceptors (Lipinski definition) is 3. The predicted octanol–water partition coefficient (Wildman–Crippen LogP) is 4.50. The lowest BCUT2D eigenvalue weighted by atomic mass is 10.1. The number of likely N-dealkylation sites (tertiary alicyclic amines) is 1. The Morgan fingerprint density at radius 1 is 1.06 bits per heavy atom. The molecule has 172 valence electrons. The lowest BCUT2D eigenvalue weighted by molar-refractivity contribution is -0.128. The highest BCUT2D eigenvalue weighted by molar-refractivity contribution is 5.89. The van der Waals surface area contributed by atoms with Gasteiger partial charge in [0.05, 0.1) is 0 Å². The molecule has 1 fully saturated rings. The molecule has 4 rings (SSSR count). The van der Waals surface area contributed by atoms with Crippen molar-refractivity contribution in [1.29, 1.82) is 0 Å². The van der Waals surface area contributed by atoms with Gasteiger partial charge in [0.2, 0.25) is 5.91 Å². The lowest BCUT2D eigenvalue weighted by Gasteiger charge is -2.16. The van der Waals surface area contributed by atoms with Crippen molar-refractivity contribution in [2.45, 2.75) is 52.2 Å². The maximum Gasteiger partial charge on any atom is 0.319 e. The first-order valence-electron chi connectivity index (χ1n) is 11.5. The minimum Gasteiger partial charge on any atom is -0.338 e. The number of nitrogens with zero attached hydrogens (tertiary/aromatic N) is 3. The van der Waals surface area contributed by atoms with Crippen molar-refractivity contribution in [3.8, 4) is 0 Å². The number of carbonyl (C=O) groups is 2. The second-order valence-electron chi connectivity index (χ2n) is 8.81. The van der Waals surface area contributed by atoms with Crippen LogP contribution in [0.3, 0.4) is 0 Å². The Balaban J connectivity index is 1.31. The molecule has 0 aliphatic carbocycles. The zero-order valence-electron chi connectivity index (χ0n) is 19.3. The maximum absolute atomic E-state index is 12.5. The highest BCUT2D eigenvalue weighted by atomic mass is 16.2. The van der Waals surface area contributed by atoms with Gasteiger partial charge in [0.25, 0.3) is 0 Å². The summed E-state index contributed by atoms with van der Waals surface area (Å²) in [6, 6.07) is 15.6. The molecule has 2 N–H and O–H groups in total. The van der Waals surface area contributed by atoms with Gasteiger partial charge in [0, 0.05) is 56.6 Å². The molecule has 0 saturated carbocycles. The molecule has 33 heavy (non-hydrogen) atoms. The number of anilines is 1. The topological polar surface area (TPSA) is 79.3 Å². The summed E-state index contributed by atoms with van der Waals surface area (Å²) < 4.78 is 2.13. The summed E-state index contributed by atoms with van der Waals surface area (Å²) in [6.07, 6.45) is 5.38. The van der Waals surface area contributed by atoms with Gasteiger partial charge in [-0.1, -0.05) is 50.2 Å². The van der Waals surface area contributed by atoms with Crippen molar-refractivity contribution in [2.75, 3.05) is 11.9 Å². The molecule has 0 unspecified atom stereocenters. The molecule has 1 aliphatic heterocycles. The summed E-state index contributed by atoms with van der Waals surface area (Å²) in [5.41, 5.74) is 3.93. The van der Waals surface area contributed by atoms with Crippen molar-refractivity contribution >= 4 is 17.6 Å². The number of benzene rings is 2. The van der Waals surface area contributed by atoms with Gasteiger partial charge in [-0.15, -0.1) is 0 Å². The summed E-state index contributed by atoms with van der Waals surface area (Å²) in [5.74, 6) is 1.61. The largest absolute Gasteiger partial charge is 0.338 e. The van der Waals surface area contributed by atoms with Gasteiger partial charge >= 0.3 is 6.03 Å². The van der Waals surface area contributed by atoms with Crippen LogP contribution in [0.25, 0.3) is 0 Å². The number of aromatic nitrogens is 2. The third-order valence-corrected chi connectivity index (χ3v) is 5.79. The Morgan fingerprint density at radius 3 is 2.58 bits per heavy atom. The molecule has 0 radical (unpaired) electrons. The van der Waals surface area contributed by atoms with Crippen LogP contribution in [0.1, 0.15) is 55.1 Å². The molecule has 1 saturated heterocycles. The Bertz CT molecular complexity index is 1120. The number of imidazole rings is 1. The van der Waals surface area contributed by atoms with Crippen LogP contribution in [0, 0.1) is 0 Å². The fourth-order valence-electron chi connectivity index (χ4n) is 4.19. The van der Waals surface area contributed by atoms with E-state index in [1.807, 2.05) is 65.8 Å². The Kier molecular flexibility index (Phi) is 7.07. The third-order valence-electron chi connectivity index (χ3n) is 5.79. The summed E-state index contributed by atoms with van der Waals surface area (Å²) in [4.78, 5) is 30.7. The molecule has 3 amide bonds. The van der Waals surface area contributed by atoms with E-state index in [-0.39, 0.29) is 11.9 Å². The molecule has 1 aliphatic rings. The van der Waals surface area contributed by atoms with Gasteiger partial charge in [0.1, 0.15) is 5.82 Å². The van der Waals surface area contributed by atoms with E-state index in [1.54, 1.807) is 0 Å². The number of hydrogen-bond donors (Lipinski definition) is 2. The predicted molar refractivity (Wildman–Crippen MR) is 129 cm³/mol. The third kappa shape index (κ3) is 6.00. The van der Waals surface area contributed by atoms with Crippen LogP contribution < -0.4 is 10.6 Å². The summed E-state index contributed by atoms with van der Waals surface area (Å²) in [6.45, 7) is 6.83. The van der Waals surface area contributed by atoms with E-state index < -0.39 is 0 Å². The average molecular weight is 446 g/mol. The first-order valence-corrected chi connectivity index (χ1v) is 11.5. The minimum atomic E-state index is -0.252. The zero-order valence-corrected chi connectivity index (χ0v) is 19.3. The van der Waals surface area contributed by atoms with E-state index in [9.17, 15) is 9.59 Å². The second kappa shape index (κ2) is 10.3. The summed E-state index contributed by atoms with van der Waals surface area (Å²) in [5, 5.41) is 5.84. The number of rotatable bonds is 8. The van der Waals surface area contributed by atoms with E-state index in [1.165, 1.54) is 0 Å². The van der Waals surface area contributed by atoms with Crippen molar-refractivity contribution in [3.63, 3.8) is 0 Å². The monoisotopic (exact) mass is 445 g/mol. The van der Waals surface area contributed by atoms with Crippen LogP contribution in [0.4, 0.5) is 10.5 Å². The summed E-state index contributed by atoms with van der Waals surface area (Å²) in [7, 11) is 0. The molecule has 7 nitrogen and oxygen atoms in total. The average Bonchev–Trinajstić information content (AvgIpc) is 3.42. The van der Waals surface area contributed by atoms with Crippen LogP contribution in [-0.2, 0) is 24.4 Å². The molecule has 2 aromatic carbocycles. The first kappa shape index (κ1) is 22.6. The Hall–Kier alpha value is -3.61. The molecule has 0 atom stereocenters. The Labute approximate surface area is 194 Å². The molecular weight excluding hydrogens is 414 g/mol. The van der Waals surface area contributed by atoms with Crippen LogP contribution in [-0.4, -0.2) is 32.9 Å². The van der Waals surface area contributed by atoms with Crippen LogP contribution in [0.15, 0.2) is 60.9 Å². The highest BCUT2D eigenvalue weighted by Gasteiger charge is 2.20. The van der Waals surface area contributed by atoms with Crippen molar-refractivity contribution < 1.29 is 9.59 Å². The van der Waals surface area contributed by atoms with Gasteiger partial charge in [-0.3, -0.25) is 4.79 Å². The van der Waals surface area contributed by atoms with E-state index >= 15 is 0 Å². The molecule has 7 heteroatoms. The molecule has 0 bridgehead atoms. The number of urea groups is 1. The molecular formula is C26H31N5O2. The van der Waals surface area contributed by atoms with Gasteiger partial charge < -0.3 is 20.1 Å². The standard InChI is InChI=1S/C26H31N5O2/c1-19(2)25-27-11-13-31(25)18-22-8-4-9-23(15-22)29-26(33)28-16-20-6-3-7-21(14-20)17-30-12-5-10-24(30)32/h3-4,6-9,11,13-15,19H,5,10,12,16-18H2,1-2H3,(H2,28,29,33).